The highest BCUT2D eigenvalue weighted by Crippen LogP contribution is 2.36. The van der Waals surface area contributed by atoms with Crippen LogP contribution in [0.15, 0.2) is 24.3 Å². The van der Waals surface area contributed by atoms with E-state index in [9.17, 15) is 13.2 Å². The molecule has 1 fully saturated rings. The van der Waals surface area contributed by atoms with Crippen molar-refractivity contribution in [2.75, 3.05) is 17.4 Å². The van der Waals surface area contributed by atoms with Crippen LogP contribution in [0.5, 0.6) is 11.5 Å². The third kappa shape index (κ3) is 4.17. The number of fused-ring (bicyclic) bond motifs is 1. The van der Waals surface area contributed by atoms with E-state index < -0.39 is 11.9 Å². The Morgan fingerprint density at radius 2 is 1.74 bits per heavy atom. The predicted molar refractivity (Wildman–Crippen MR) is 93.4 cm³/mol. The second-order valence-electron chi connectivity index (χ2n) is 6.63. The maximum Gasteiger partial charge on any atom is 0.433 e. The number of aromatic nitrogens is 2. The van der Waals surface area contributed by atoms with E-state index >= 15 is 0 Å². The molecule has 0 amide bonds. The summed E-state index contributed by atoms with van der Waals surface area (Å²) in [4.78, 5) is 7.89. The maximum atomic E-state index is 13.3. The first-order valence-corrected chi connectivity index (χ1v) is 8.87. The van der Waals surface area contributed by atoms with E-state index in [2.05, 4.69) is 20.6 Å². The molecule has 0 saturated heterocycles. The molecule has 1 aliphatic carbocycles. The van der Waals surface area contributed by atoms with Gasteiger partial charge < -0.3 is 20.1 Å². The van der Waals surface area contributed by atoms with Crippen molar-refractivity contribution in [1.29, 1.82) is 0 Å². The van der Waals surface area contributed by atoms with Crippen LogP contribution in [-0.4, -0.2) is 22.8 Å². The summed E-state index contributed by atoms with van der Waals surface area (Å²) in [7, 11) is 0. The van der Waals surface area contributed by atoms with Crippen molar-refractivity contribution in [3.63, 3.8) is 0 Å². The number of hydrogen-bond acceptors (Lipinski definition) is 6. The lowest BCUT2D eigenvalue weighted by Crippen LogP contribution is -2.24. The van der Waals surface area contributed by atoms with Crippen molar-refractivity contribution in [1.82, 2.24) is 9.97 Å². The normalized spacial score (nSPS) is 17.0. The van der Waals surface area contributed by atoms with Crippen LogP contribution >= 0.6 is 0 Å². The van der Waals surface area contributed by atoms with E-state index in [1.165, 1.54) is 0 Å². The quantitative estimate of drug-likeness (QED) is 0.801. The zero-order valence-electron chi connectivity index (χ0n) is 14.5. The minimum absolute atomic E-state index is 0.0139. The fourth-order valence-corrected chi connectivity index (χ4v) is 3.27. The number of benzene rings is 1. The molecule has 2 aliphatic rings. The van der Waals surface area contributed by atoms with Crippen LogP contribution in [0.3, 0.4) is 0 Å². The zero-order chi connectivity index (χ0) is 18.9. The van der Waals surface area contributed by atoms with Crippen molar-refractivity contribution in [3.8, 4) is 11.5 Å². The van der Waals surface area contributed by atoms with E-state index in [4.69, 9.17) is 9.47 Å². The average molecular weight is 380 g/mol. The van der Waals surface area contributed by atoms with E-state index in [0.29, 0.717) is 17.2 Å². The van der Waals surface area contributed by atoms with Gasteiger partial charge in [0, 0.05) is 23.9 Å². The average Bonchev–Trinajstić information content (AvgIpc) is 3.09. The van der Waals surface area contributed by atoms with Crippen LogP contribution in [-0.2, 0) is 6.18 Å². The van der Waals surface area contributed by atoms with E-state index in [-0.39, 0.29) is 24.6 Å². The highest BCUT2D eigenvalue weighted by molar-refractivity contribution is 5.62. The van der Waals surface area contributed by atoms with E-state index in [1.807, 2.05) is 0 Å². The van der Waals surface area contributed by atoms with Crippen molar-refractivity contribution in [3.05, 3.63) is 30.0 Å². The van der Waals surface area contributed by atoms with Crippen LogP contribution < -0.4 is 20.1 Å². The zero-order valence-corrected chi connectivity index (χ0v) is 14.5. The summed E-state index contributed by atoms with van der Waals surface area (Å²) < 4.78 is 50.3. The molecule has 2 heterocycles. The molecule has 1 aromatic carbocycles. The van der Waals surface area contributed by atoms with Gasteiger partial charge in [-0.2, -0.15) is 18.2 Å². The Balaban J connectivity index is 1.59. The second kappa shape index (κ2) is 7.13. The van der Waals surface area contributed by atoms with Gasteiger partial charge in [-0.05, 0) is 25.0 Å². The summed E-state index contributed by atoms with van der Waals surface area (Å²) in [5.74, 6) is 1.18. The fraction of sp³-hybridized carbons (Fsp3) is 0.444. The van der Waals surface area contributed by atoms with Gasteiger partial charge in [0.05, 0.1) is 0 Å². The number of alkyl halides is 3. The van der Waals surface area contributed by atoms with Gasteiger partial charge in [0.1, 0.15) is 5.82 Å². The number of nitrogens with zero attached hydrogens (tertiary/aromatic N) is 2. The van der Waals surface area contributed by atoms with Crippen LogP contribution in [0.1, 0.15) is 37.8 Å². The molecule has 27 heavy (non-hydrogen) atoms. The summed E-state index contributed by atoms with van der Waals surface area (Å²) in [6.07, 6.45) is 0.517. The Bertz CT molecular complexity index is 823. The smallest absolute Gasteiger partial charge is 0.433 e. The number of hydrogen-bond donors (Lipinski definition) is 2. The monoisotopic (exact) mass is 380 g/mol. The van der Waals surface area contributed by atoms with Crippen molar-refractivity contribution >= 4 is 17.5 Å². The molecule has 1 aromatic heterocycles. The largest absolute Gasteiger partial charge is 0.454 e. The van der Waals surface area contributed by atoms with Crippen LogP contribution in [0.25, 0.3) is 0 Å². The molecule has 1 saturated carbocycles. The molecular formula is C18H19F3N4O2. The molecule has 144 valence electrons. The Kier molecular flexibility index (Phi) is 4.67. The van der Waals surface area contributed by atoms with Crippen molar-refractivity contribution in [2.24, 2.45) is 0 Å². The first-order chi connectivity index (χ1) is 13.0. The first kappa shape index (κ1) is 17.7. The minimum atomic E-state index is -4.56. The lowest BCUT2D eigenvalue weighted by molar-refractivity contribution is -0.141. The van der Waals surface area contributed by atoms with Crippen LogP contribution in [0, 0.1) is 0 Å². The number of ether oxygens (including phenoxy) is 2. The molecule has 2 aromatic rings. The van der Waals surface area contributed by atoms with Gasteiger partial charge in [-0.15, -0.1) is 0 Å². The van der Waals surface area contributed by atoms with Crippen LogP contribution in [0.2, 0.25) is 0 Å². The highest BCUT2D eigenvalue weighted by atomic mass is 19.4. The summed E-state index contributed by atoms with van der Waals surface area (Å²) in [6, 6.07) is 6.04. The van der Waals surface area contributed by atoms with E-state index in [0.717, 1.165) is 38.2 Å². The predicted octanol–water partition coefficient (Wildman–Crippen LogP) is 4.71. The third-order valence-corrected chi connectivity index (χ3v) is 4.60. The van der Waals surface area contributed by atoms with Gasteiger partial charge in [-0.1, -0.05) is 19.3 Å². The Labute approximate surface area is 154 Å². The molecule has 0 unspecified atom stereocenters. The number of halogens is 3. The lowest BCUT2D eigenvalue weighted by Gasteiger charge is -2.23. The minimum Gasteiger partial charge on any atom is -0.454 e. The topological polar surface area (TPSA) is 68.3 Å². The summed E-state index contributed by atoms with van der Waals surface area (Å²) >= 11 is 0. The summed E-state index contributed by atoms with van der Waals surface area (Å²) in [5.41, 5.74) is -0.436. The Hall–Kier alpha value is -2.71. The summed E-state index contributed by atoms with van der Waals surface area (Å²) in [5, 5.41) is 5.95. The molecule has 0 bridgehead atoms. The lowest BCUT2D eigenvalue weighted by atomic mass is 9.96. The highest BCUT2D eigenvalue weighted by Gasteiger charge is 2.34. The number of nitrogens with one attached hydrogen (secondary N) is 2. The molecule has 1 aliphatic heterocycles. The second-order valence-corrected chi connectivity index (χ2v) is 6.63. The summed E-state index contributed by atoms with van der Waals surface area (Å²) in [6.45, 7) is 0.125. The van der Waals surface area contributed by atoms with Crippen molar-refractivity contribution in [2.45, 2.75) is 44.3 Å². The molecule has 2 N–H and O–H groups in total. The van der Waals surface area contributed by atoms with Gasteiger partial charge in [-0.25, -0.2) is 4.98 Å². The fourth-order valence-electron chi connectivity index (χ4n) is 3.27. The van der Waals surface area contributed by atoms with Gasteiger partial charge in [0.15, 0.2) is 17.2 Å². The van der Waals surface area contributed by atoms with Gasteiger partial charge in [-0.3, -0.25) is 0 Å². The van der Waals surface area contributed by atoms with Gasteiger partial charge in [0.25, 0.3) is 0 Å². The number of anilines is 3. The number of rotatable bonds is 4. The van der Waals surface area contributed by atoms with Crippen LogP contribution in [0.4, 0.5) is 30.6 Å². The molecule has 4 rings (SSSR count). The molecule has 0 radical (unpaired) electrons. The standard InChI is InChI=1S/C18H19F3N4O2/c19-18(20,21)15-9-16(22-12-6-7-13-14(8-12)27-10-26-13)25-17(24-15)23-11-4-2-1-3-5-11/h6-9,11H,1-5,10H2,(H2,22,23,24,25). The van der Waals surface area contributed by atoms with Gasteiger partial charge >= 0.3 is 6.18 Å². The van der Waals surface area contributed by atoms with E-state index in [1.54, 1.807) is 18.2 Å². The maximum absolute atomic E-state index is 13.3. The first-order valence-electron chi connectivity index (χ1n) is 8.87. The van der Waals surface area contributed by atoms with Crippen molar-refractivity contribution < 1.29 is 22.6 Å². The molecular weight excluding hydrogens is 361 g/mol. The molecule has 0 spiro atoms. The molecule has 9 heteroatoms. The Morgan fingerprint density at radius 1 is 0.963 bits per heavy atom. The van der Waals surface area contributed by atoms with Gasteiger partial charge in [0.2, 0.25) is 12.7 Å². The Morgan fingerprint density at radius 3 is 2.52 bits per heavy atom. The third-order valence-electron chi connectivity index (χ3n) is 4.60. The molecule has 0 atom stereocenters. The SMILES string of the molecule is FC(F)(F)c1cc(Nc2ccc3c(c2)OCO3)nc(NC2CCCCC2)n1. The molecule has 6 nitrogen and oxygen atoms in total.